The number of carbonyl (C=O) groups is 1. The first-order valence-electron chi connectivity index (χ1n) is 3.63. The van der Waals surface area contributed by atoms with Gasteiger partial charge in [0.05, 0.1) is 10.9 Å². The molecule has 1 aromatic rings. The van der Waals surface area contributed by atoms with Gasteiger partial charge < -0.3 is 0 Å². The second-order valence-electron chi connectivity index (χ2n) is 2.65. The molecule has 1 aliphatic rings. The molecular formula is C9H5ClN2O. The molecule has 0 radical (unpaired) electrons. The highest BCUT2D eigenvalue weighted by molar-refractivity contribution is 6.66. The molecule has 1 heterocycles. The van der Waals surface area contributed by atoms with Crippen LogP contribution in [0, 0.1) is 0 Å². The SMILES string of the molecule is C=c1ccc2c(c1)C(=O)N=C(Cl)N=2. The molecule has 0 aliphatic carbocycles. The second-order valence-corrected chi connectivity index (χ2v) is 2.99. The molecule has 0 saturated carbocycles. The van der Waals surface area contributed by atoms with Crippen molar-refractivity contribution in [3.63, 3.8) is 0 Å². The monoisotopic (exact) mass is 192 g/mol. The Bertz CT molecular complexity index is 519. The average Bonchev–Trinajstić information content (AvgIpc) is 2.06. The molecular weight excluding hydrogens is 188 g/mol. The largest absolute Gasteiger partial charge is 0.281 e. The van der Waals surface area contributed by atoms with Gasteiger partial charge in [0, 0.05) is 0 Å². The molecule has 1 aromatic carbocycles. The van der Waals surface area contributed by atoms with Gasteiger partial charge in [-0.05, 0) is 29.0 Å². The molecule has 0 N–H and O–H groups in total. The van der Waals surface area contributed by atoms with Gasteiger partial charge >= 0.3 is 0 Å². The van der Waals surface area contributed by atoms with Crippen molar-refractivity contribution in [2.75, 3.05) is 0 Å². The zero-order chi connectivity index (χ0) is 9.42. The Hall–Kier alpha value is -1.48. The van der Waals surface area contributed by atoms with E-state index in [1.54, 1.807) is 18.2 Å². The summed E-state index contributed by atoms with van der Waals surface area (Å²) >= 11 is 5.53. The van der Waals surface area contributed by atoms with E-state index in [2.05, 4.69) is 16.6 Å². The molecule has 0 bridgehead atoms. The molecule has 0 aromatic heterocycles. The van der Waals surface area contributed by atoms with E-state index in [-0.39, 0.29) is 11.2 Å². The van der Waals surface area contributed by atoms with Crippen LogP contribution in [0.5, 0.6) is 0 Å². The van der Waals surface area contributed by atoms with Crippen molar-refractivity contribution in [2.24, 2.45) is 9.98 Å². The van der Waals surface area contributed by atoms with Crippen molar-refractivity contribution in [3.05, 3.63) is 34.3 Å². The summed E-state index contributed by atoms with van der Waals surface area (Å²) in [5.74, 6) is -0.361. The third-order valence-electron chi connectivity index (χ3n) is 1.70. The first-order chi connectivity index (χ1) is 6.16. The summed E-state index contributed by atoms with van der Waals surface area (Å²) in [6.07, 6.45) is 0. The van der Waals surface area contributed by atoms with Crippen LogP contribution in [0.4, 0.5) is 0 Å². The molecule has 0 unspecified atom stereocenters. The Labute approximate surface area is 79.1 Å². The minimum Gasteiger partial charge on any atom is -0.267 e. The Morgan fingerprint density at radius 3 is 2.85 bits per heavy atom. The minimum atomic E-state index is -0.361. The standard InChI is InChI=1S/C9H5ClN2O/c1-5-2-3-7-6(4-5)8(13)12-9(10)11-7/h2-4H,1H2. The van der Waals surface area contributed by atoms with E-state index in [1.807, 2.05) is 0 Å². The van der Waals surface area contributed by atoms with Crippen LogP contribution in [0.2, 0.25) is 0 Å². The Balaban J connectivity index is 2.83. The fourth-order valence-corrected chi connectivity index (χ4v) is 1.29. The number of halogens is 1. The van der Waals surface area contributed by atoms with E-state index >= 15 is 0 Å². The van der Waals surface area contributed by atoms with Gasteiger partial charge in [0.25, 0.3) is 5.91 Å². The number of benzene rings is 1. The Morgan fingerprint density at radius 1 is 1.31 bits per heavy atom. The molecule has 0 saturated heterocycles. The lowest BCUT2D eigenvalue weighted by Crippen LogP contribution is -2.22. The topological polar surface area (TPSA) is 41.8 Å². The maximum Gasteiger partial charge on any atom is 0.281 e. The van der Waals surface area contributed by atoms with Crippen molar-refractivity contribution >= 4 is 29.4 Å². The quantitative estimate of drug-likeness (QED) is 0.551. The number of nitrogens with zero attached hydrogens (tertiary/aromatic N) is 2. The van der Waals surface area contributed by atoms with Crippen LogP contribution >= 0.6 is 11.6 Å². The zero-order valence-corrected chi connectivity index (χ0v) is 7.38. The van der Waals surface area contributed by atoms with Gasteiger partial charge in [-0.1, -0.05) is 12.6 Å². The highest BCUT2D eigenvalue weighted by Gasteiger charge is 2.12. The van der Waals surface area contributed by atoms with Crippen LogP contribution in [0.3, 0.4) is 0 Å². The lowest BCUT2D eigenvalue weighted by molar-refractivity contribution is 0.100. The molecule has 0 atom stereocenters. The van der Waals surface area contributed by atoms with Gasteiger partial charge in [0.15, 0.2) is 0 Å². The van der Waals surface area contributed by atoms with E-state index in [4.69, 9.17) is 11.6 Å². The van der Waals surface area contributed by atoms with Crippen LogP contribution in [0.25, 0.3) is 6.58 Å². The van der Waals surface area contributed by atoms with Crippen molar-refractivity contribution in [1.82, 2.24) is 0 Å². The van der Waals surface area contributed by atoms with Gasteiger partial charge in [0.1, 0.15) is 0 Å². The van der Waals surface area contributed by atoms with Crippen molar-refractivity contribution in [3.8, 4) is 0 Å². The van der Waals surface area contributed by atoms with Gasteiger partial charge in [0.2, 0.25) is 5.29 Å². The van der Waals surface area contributed by atoms with E-state index in [0.29, 0.717) is 10.9 Å². The molecule has 1 aliphatic heterocycles. The fourth-order valence-electron chi connectivity index (χ4n) is 1.12. The average molecular weight is 193 g/mol. The van der Waals surface area contributed by atoms with Crippen molar-refractivity contribution in [2.45, 2.75) is 0 Å². The van der Waals surface area contributed by atoms with Gasteiger partial charge in [-0.15, -0.1) is 0 Å². The highest BCUT2D eigenvalue weighted by Crippen LogP contribution is 2.00. The van der Waals surface area contributed by atoms with E-state index in [1.165, 1.54) is 0 Å². The van der Waals surface area contributed by atoms with Crippen molar-refractivity contribution < 1.29 is 4.79 Å². The van der Waals surface area contributed by atoms with Gasteiger partial charge in [-0.3, -0.25) is 4.79 Å². The van der Waals surface area contributed by atoms with Crippen LogP contribution in [0.15, 0.2) is 28.2 Å². The van der Waals surface area contributed by atoms with E-state index < -0.39 is 0 Å². The van der Waals surface area contributed by atoms with Crippen molar-refractivity contribution in [1.29, 1.82) is 0 Å². The van der Waals surface area contributed by atoms with E-state index in [9.17, 15) is 4.79 Å². The van der Waals surface area contributed by atoms with Crippen LogP contribution in [0.1, 0.15) is 10.4 Å². The normalized spacial score (nSPS) is 14.5. The van der Waals surface area contributed by atoms with E-state index in [0.717, 1.165) is 5.22 Å². The molecule has 3 nitrogen and oxygen atoms in total. The summed E-state index contributed by atoms with van der Waals surface area (Å²) in [4.78, 5) is 18.7. The number of carbonyl (C=O) groups excluding carboxylic acids is 1. The number of aliphatic imine (C=N–C) groups is 1. The first-order valence-corrected chi connectivity index (χ1v) is 4.01. The van der Waals surface area contributed by atoms with Crippen LogP contribution in [-0.2, 0) is 0 Å². The van der Waals surface area contributed by atoms with Gasteiger partial charge in [-0.25, -0.2) is 4.99 Å². The summed E-state index contributed by atoms with van der Waals surface area (Å²) in [6, 6.07) is 5.12. The first kappa shape index (κ1) is 8.13. The number of amides is 1. The summed E-state index contributed by atoms with van der Waals surface area (Å²) in [5.41, 5.74) is 0.455. The summed E-state index contributed by atoms with van der Waals surface area (Å²) in [6.45, 7) is 3.71. The molecule has 1 amide bonds. The van der Waals surface area contributed by atoms with Crippen LogP contribution in [-0.4, -0.2) is 11.2 Å². The Morgan fingerprint density at radius 2 is 2.08 bits per heavy atom. The maximum atomic E-state index is 11.3. The summed E-state index contributed by atoms with van der Waals surface area (Å²) in [7, 11) is 0. The molecule has 2 rings (SSSR count). The second kappa shape index (κ2) is 2.78. The predicted octanol–water partition coefficient (Wildman–Crippen LogP) is 0.465. The smallest absolute Gasteiger partial charge is 0.267 e. The summed E-state index contributed by atoms with van der Waals surface area (Å²) < 4.78 is 0. The molecule has 13 heavy (non-hydrogen) atoms. The minimum absolute atomic E-state index is 0.0192. The lowest BCUT2D eigenvalue weighted by Gasteiger charge is -2.01. The van der Waals surface area contributed by atoms with Gasteiger partial charge in [-0.2, -0.15) is 4.99 Å². The third kappa shape index (κ3) is 1.38. The number of hydrogen-bond donors (Lipinski definition) is 0. The lowest BCUT2D eigenvalue weighted by atomic mass is 10.1. The van der Waals surface area contributed by atoms with Crippen LogP contribution < -0.4 is 10.6 Å². The fraction of sp³-hybridized carbons (Fsp3) is 0. The molecule has 64 valence electrons. The predicted molar refractivity (Wildman–Crippen MR) is 50.4 cm³/mol. The number of amidine groups is 1. The molecule has 4 heteroatoms. The third-order valence-corrected chi connectivity index (χ3v) is 1.87. The zero-order valence-electron chi connectivity index (χ0n) is 6.62. The Kier molecular flexibility index (Phi) is 1.74. The number of hydrogen-bond acceptors (Lipinski definition) is 2. The highest BCUT2D eigenvalue weighted by atomic mass is 35.5. The summed E-state index contributed by atoms with van der Waals surface area (Å²) in [5, 5.41) is 1.29. The number of rotatable bonds is 0. The molecule has 0 fully saturated rings. The maximum absolute atomic E-state index is 11.3. The number of fused-ring (bicyclic) bond motifs is 1. The molecule has 0 spiro atoms.